The van der Waals surface area contributed by atoms with Crippen LogP contribution in [0.15, 0.2) is 215 Å². The molecule has 0 spiro atoms. The molecule has 0 aromatic heterocycles. The number of amidine groups is 1. The number of hydrogen-bond acceptors (Lipinski definition) is 8. The van der Waals surface area contributed by atoms with Crippen molar-refractivity contribution >= 4 is 103 Å². The van der Waals surface area contributed by atoms with E-state index in [9.17, 15) is 15.8 Å². The topological polar surface area (TPSA) is 122 Å². The number of rotatable bonds is 26. The third kappa shape index (κ3) is 18.4. The molecule has 109 heavy (non-hydrogen) atoms. The van der Waals surface area contributed by atoms with Gasteiger partial charge in [-0.2, -0.15) is 5.26 Å². The summed E-state index contributed by atoms with van der Waals surface area (Å²) >= 11 is 12.5. The minimum absolute atomic E-state index is 0.0252. The summed E-state index contributed by atoms with van der Waals surface area (Å²) in [4.78, 5) is 28.2. The van der Waals surface area contributed by atoms with Gasteiger partial charge < -0.3 is 19.5 Å². The molecule has 12 nitrogen and oxygen atoms in total. The van der Waals surface area contributed by atoms with Gasteiger partial charge in [0.2, 0.25) is 0 Å². The predicted molar refractivity (Wildman–Crippen MR) is 456 cm³/mol. The van der Waals surface area contributed by atoms with Gasteiger partial charge in [-0.3, -0.25) is 0 Å². The van der Waals surface area contributed by atoms with Gasteiger partial charge >= 0.3 is 0 Å². The van der Waals surface area contributed by atoms with Gasteiger partial charge in [0.25, 0.3) is 17.2 Å². The molecule has 0 radical (unpaired) electrons. The van der Waals surface area contributed by atoms with E-state index in [0.29, 0.717) is 32.5 Å². The number of benzene rings is 7. The molecule has 0 saturated heterocycles. The van der Waals surface area contributed by atoms with E-state index in [2.05, 4.69) is 249 Å². The molecule has 0 bridgehead atoms. The number of allylic oxidation sites excluding steroid dienone is 12. The van der Waals surface area contributed by atoms with Crippen LogP contribution in [-0.4, -0.2) is 59.1 Å². The smallest absolute Gasteiger partial charge is 0.272 e. The van der Waals surface area contributed by atoms with Crippen molar-refractivity contribution in [2.75, 3.05) is 40.9 Å². The van der Waals surface area contributed by atoms with Crippen molar-refractivity contribution < 1.29 is 4.58 Å². The number of nitrogens with zero attached hydrogens (tertiary/aromatic N) is 12. The SMILES string of the molecule is [C-]#[N+]C(=Nc1cc2c(cc1C)N(c1ccc(C(=CC=CC(=C3C=CC(=[N+](CCCC)CCCC)C=C3)c3ccc(N4c5cc(C)c(N=C(C#N)C(=C(C#N)[N+]#[C-])c6ccc(Cl)cc6)cc5C(C)CC4(C)C)cc3)c3ccc(N(CCCC)CCCC)cc3)cc1)C(C)(C)CC2C)C(=C(C#N)[N+]#[C-])c1ccc(Cl)cc1. The standard InChI is InChI=1S/C95H97Cl2N12/c1-16-20-51-106(52-21-17-2)76-43-31-68(32-44-76)80(70-35-47-78(48-36-70)108-89-55-64(5)84(57-82(89)66(7)59-94(108,9)10)104-88(63-100)91(86(61-98)101-13)72-27-39-74(96)40-28-72)25-24-26-81(69-33-45-77(46-34-69)107(53-22-18-3)54-23-19-4)71-37-49-79(50-38-71)109-90-56-65(6)85(58-83(90)67(8)60-95(109,11)12)105-93(103-15)92(87(62-99)102-14)73-29-41-75(97)42-30-73/h24-50,55-58,66-67H,16-23,51-54,59-60H2,1-12H3/q+1. The Morgan fingerprint density at radius 1 is 0.550 bits per heavy atom. The molecule has 0 saturated carbocycles. The van der Waals surface area contributed by atoms with Gasteiger partial charge in [0.05, 0.1) is 31.0 Å². The van der Waals surface area contributed by atoms with Crippen LogP contribution in [0.2, 0.25) is 10.0 Å². The van der Waals surface area contributed by atoms with E-state index >= 15 is 0 Å². The highest BCUT2D eigenvalue weighted by Gasteiger charge is 2.40. The van der Waals surface area contributed by atoms with Crippen molar-refractivity contribution in [3.63, 3.8) is 0 Å². The van der Waals surface area contributed by atoms with Gasteiger partial charge in [-0.1, -0.05) is 176 Å². The predicted octanol–water partition coefficient (Wildman–Crippen LogP) is 25.7. The lowest BCUT2D eigenvalue weighted by molar-refractivity contribution is -0.527. The number of aliphatic imine (C=N–C) groups is 2. The monoisotopic (exact) mass is 1480 g/mol. The third-order valence-corrected chi connectivity index (χ3v) is 21.5. The fraction of sp³-hybridized carbons (Fsp3) is 0.316. The second kappa shape index (κ2) is 36.5. The Kier molecular flexibility index (Phi) is 26.9. The van der Waals surface area contributed by atoms with Crippen LogP contribution in [0.4, 0.5) is 39.8 Å². The van der Waals surface area contributed by atoms with E-state index in [0.717, 1.165) is 169 Å². The van der Waals surface area contributed by atoms with Crippen LogP contribution in [0.3, 0.4) is 0 Å². The van der Waals surface area contributed by atoms with Crippen molar-refractivity contribution in [1.29, 1.82) is 15.8 Å². The molecule has 550 valence electrons. The Morgan fingerprint density at radius 3 is 1.42 bits per heavy atom. The van der Waals surface area contributed by atoms with E-state index in [1.54, 1.807) is 48.5 Å². The zero-order valence-corrected chi connectivity index (χ0v) is 66.6. The maximum absolute atomic E-state index is 10.7. The van der Waals surface area contributed by atoms with Crippen LogP contribution in [0.1, 0.15) is 195 Å². The highest BCUT2D eigenvalue weighted by molar-refractivity contribution is 6.34. The molecule has 14 heteroatoms. The van der Waals surface area contributed by atoms with Crippen LogP contribution < -0.4 is 14.7 Å². The fourth-order valence-corrected chi connectivity index (χ4v) is 15.7. The van der Waals surface area contributed by atoms with Gasteiger partial charge in [-0.05, 0) is 237 Å². The van der Waals surface area contributed by atoms with Crippen LogP contribution in [0, 0.1) is 67.6 Å². The molecule has 2 heterocycles. The van der Waals surface area contributed by atoms with Crippen molar-refractivity contribution in [3.05, 3.63) is 299 Å². The van der Waals surface area contributed by atoms with E-state index in [1.807, 2.05) is 26.0 Å². The van der Waals surface area contributed by atoms with E-state index < -0.39 is 0 Å². The lowest BCUT2D eigenvalue weighted by Gasteiger charge is -2.47. The first-order valence-corrected chi connectivity index (χ1v) is 38.9. The molecule has 2 unspecified atom stereocenters. The molecule has 2 atom stereocenters. The zero-order valence-electron chi connectivity index (χ0n) is 65.1. The first kappa shape index (κ1) is 80.2. The minimum Gasteiger partial charge on any atom is -0.372 e. The number of unbranched alkanes of at least 4 members (excludes halogenated alkanes) is 4. The van der Waals surface area contributed by atoms with Crippen molar-refractivity contribution in [3.8, 4) is 18.2 Å². The average Bonchev–Trinajstić information content (AvgIpc) is 0.746. The molecule has 7 aromatic carbocycles. The van der Waals surface area contributed by atoms with Crippen LogP contribution in [0.25, 0.3) is 36.8 Å². The van der Waals surface area contributed by atoms with Gasteiger partial charge in [-0.15, -0.1) is 4.99 Å². The van der Waals surface area contributed by atoms with Gasteiger partial charge in [0, 0.05) is 104 Å². The van der Waals surface area contributed by atoms with Crippen LogP contribution in [0.5, 0.6) is 0 Å². The van der Waals surface area contributed by atoms with E-state index in [4.69, 9.17) is 52.9 Å². The Labute approximate surface area is 657 Å². The largest absolute Gasteiger partial charge is 0.372 e. The second-order valence-electron chi connectivity index (χ2n) is 29.9. The van der Waals surface area contributed by atoms with Crippen molar-refractivity contribution in [2.45, 2.75) is 170 Å². The second-order valence-corrected chi connectivity index (χ2v) is 30.7. The summed E-state index contributed by atoms with van der Waals surface area (Å²) in [5.41, 5.74) is 18.4. The Bertz CT molecular complexity index is 5080. The first-order chi connectivity index (χ1) is 52.6. The number of nitriles is 3. The molecule has 3 aliphatic rings. The van der Waals surface area contributed by atoms with Crippen LogP contribution >= 0.6 is 23.2 Å². The number of anilines is 5. The Morgan fingerprint density at radius 2 is 0.982 bits per heavy atom. The van der Waals surface area contributed by atoms with E-state index in [-0.39, 0.29) is 57.0 Å². The maximum Gasteiger partial charge on any atom is 0.272 e. The van der Waals surface area contributed by atoms with Gasteiger partial charge in [0.15, 0.2) is 11.4 Å². The summed E-state index contributed by atoms with van der Waals surface area (Å²) in [6, 6.07) is 55.3. The molecule has 7 aromatic rings. The van der Waals surface area contributed by atoms with Gasteiger partial charge in [-0.25, -0.2) is 29.8 Å². The molecule has 0 fully saturated rings. The number of aryl methyl sites for hydroxylation is 2. The van der Waals surface area contributed by atoms with Crippen molar-refractivity contribution in [1.82, 2.24) is 0 Å². The molecular formula is C95H97Cl2N12+. The number of fused-ring (bicyclic) bond motifs is 2. The minimum atomic E-state index is -0.305. The Hall–Kier alpha value is -11.4. The lowest BCUT2D eigenvalue weighted by atomic mass is 9.79. The molecule has 1 aliphatic carbocycles. The first-order valence-electron chi connectivity index (χ1n) is 38.2. The zero-order chi connectivity index (χ0) is 78.1. The van der Waals surface area contributed by atoms with Crippen molar-refractivity contribution in [2.24, 2.45) is 9.98 Å². The lowest BCUT2D eigenvalue weighted by Crippen LogP contribution is -2.45. The highest BCUT2D eigenvalue weighted by Crippen LogP contribution is 2.52. The third-order valence-electron chi connectivity index (χ3n) is 21.0. The molecule has 10 rings (SSSR count). The van der Waals surface area contributed by atoms with E-state index in [1.165, 1.54) is 11.4 Å². The number of hydrogen-bond donors (Lipinski definition) is 0. The van der Waals surface area contributed by atoms with Crippen LogP contribution in [-0.2, 0) is 0 Å². The quantitative estimate of drug-likeness (QED) is 0.0133. The van der Waals surface area contributed by atoms with Gasteiger partial charge in [0.1, 0.15) is 24.9 Å². The maximum atomic E-state index is 10.7. The summed E-state index contributed by atoms with van der Waals surface area (Å²) in [5, 5.41) is 31.9. The normalized spacial score (nSPS) is 16.3. The summed E-state index contributed by atoms with van der Waals surface area (Å²) in [5.74, 6) is 0.231. The molecule has 0 N–H and O–H groups in total. The summed E-state index contributed by atoms with van der Waals surface area (Å²) in [7, 11) is 0. The summed E-state index contributed by atoms with van der Waals surface area (Å²) in [6.07, 6.45) is 26.5. The highest BCUT2D eigenvalue weighted by atomic mass is 35.5. The average molecular weight is 1480 g/mol. The Balaban J connectivity index is 1.07. The molecular weight excluding hydrogens is 1380 g/mol. The summed E-state index contributed by atoms with van der Waals surface area (Å²) in [6.45, 7) is 54.8. The molecule has 2 aliphatic heterocycles. The molecule has 0 amide bonds. The summed E-state index contributed by atoms with van der Waals surface area (Å²) < 4.78 is 2.53. The fourth-order valence-electron chi connectivity index (χ4n) is 15.5. The number of halogens is 2.